The molecular formula is C28H30N4O6. The molecule has 3 aliphatic heterocycles. The molecule has 38 heavy (non-hydrogen) atoms. The minimum Gasteiger partial charge on any atom is -0.458 e. The number of ether oxygens (including phenoxy) is 2. The van der Waals surface area contributed by atoms with Gasteiger partial charge in [-0.15, -0.1) is 0 Å². The second-order valence-corrected chi connectivity index (χ2v) is 10.2. The molecule has 3 aliphatic rings. The molecule has 3 aromatic rings. The van der Waals surface area contributed by atoms with Crippen LogP contribution in [0.15, 0.2) is 29.1 Å². The first-order chi connectivity index (χ1) is 18.3. The molecule has 10 heteroatoms. The Kier molecular flexibility index (Phi) is 5.77. The lowest BCUT2D eigenvalue weighted by molar-refractivity contribution is -0.172. The molecule has 2 aromatic heterocycles. The first-order valence-electron chi connectivity index (χ1n) is 13.0. The van der Waals surface area contributed by atoms with Gasteiger partial charge in [0.1, 0.15) is 12.4 Å². The fourth-order valence-corrected chi connectivity index (χ4v) is 5.67. The molecule has 0 aliphatic carbocycles. The van der Waals surface area contributed by atoms with E-state index in [2.05, 4.69) is 4.90 Å². The highest BCUT2D eigenvalue weighted by atomic mass is 16.6. The van der Waals surface area contributed by atoms with Crippen LogP contribution >= 0.6 is 0 Å². The average molecular weight is 519 g/mol. The van der Waals surface area contributed by atoms with Crippen LogP contribution in [0.4, 0.5) is 4.79 Å². The molecule has 1 atom stereocenters. The number of nitrogens with zero attached hydrogens (tertiary/aromatic N) is 4. The number of benzene rings is 1. The van der Waals surface area contributed by atoms with Crippen molar-refractivity contribution in [2.45, 2.75) is 45.4 Å². The van der Waals surface area contributed by atoms with Gasteiger partial charge in [-0.3, -0.25) is 4.79 Å². The lowest BCUT2D eigenvalue weighted by Gasteiger charge is -2.31. The maximum atomic E-state index is 13.6. The summed E-state index contributed by atoms with van der Waals surface area (Å²) in [5.74, 6) is -0.375. The molecule has 198 valence electrons. The Balaban J connectivity index is 1.54. The highest BCUT2D eigenvalue weighted by Crippen LogP contribution is 2.43. The summed E-state index contributed by atoms with van der Waals surface area (Å²) in [5, 5.41) is 11.9. The smallest absolute Gasteiger partial charge is 0.415 e. The van der Waals surface area contributed by atoms with E-state index < -0.39 is 17.7 Å². The number of carbonyl (C=O) groups excluding carboxylic acids is 2. The number of cyclic esters (lactones) is 1. The number of hydrogen-bond donors (Lipinski definition) is 1. The van der Waals surface area contributed by atoms with E-state index in [0.29, 0.717) is 53.1 Å². The number of aryl methyl sites for hydroxylation is 1. The summed E-state index contributed by atoms with van der Waals surface area (Å²) < 4.78 is 12.8. The fraction of sp³-hybridized carbons (Fsp3) is 0.429. The van der Waals surface area contributed by atoms with E-state index in [1.165, 1.54) is 0 Å². The molecule has 1 aromatic carbocycles. The molecule has 0 spiro atoms. The van der Waals surface area contributed by atoms with Crippen molar-refractivity contribution in [2.24, 2.45) is 0 Å². The number of rotatable bonds is 3. The number of aliphatic hydroxyl groups is 1. The van der Waals surface area contributed by atoms with Gasteiger partial charge in [0.25, 0.3) is 5.56 Å². The maximum Gasteiger partial charge on any atom is 0.415 e. The molecule has 0 saturated carbocycles. The zero-order valence-electron chi connectivity index (χ0n) is 21.7. The first-order valence-corrected chi connectivity index (χ1v) is 13.0. The minimum absolute atomic E-state index is 0.0631. The highest BCUT2D eigenvalue weighted by Gasteiger charge is 2.45. The zero-order chi connectivity index (χ0) is 26.8. The van der Waals surface area contributed by atoms with E-state index in [-0.39, 0.29) is 36.3 Å². The van der Waals surface area contributed by atoms with E-state index in [4.69, 9.17) is 14.5 Å². The Morgan fingerprint density at radius 1 is 1.16 bits per heavy atom. The van der Waals surface area contributed by atoms with Crippen molar-refractivity contribution >= 4 is 23.0 Å². The largest absolute Gasteiger partial charge is 0.458 e. The number of likely N-dealkylation sites (N-methyl/N-ethyl adjacent to an activating group) is 1. The number of aromatic nitrogens is 2. The molecule has 10 nitrogen and oxygen atoms in total. The summed E-state index contributed by atoms with van der Waals surface area (Å²) in [7, 11) is 2.02. The van der Waals surface area contributed by atoms with Gasteiger partial charge in [0.15, 0.2) is 5.60 Å². The lowest BCUT2D eigenvalue weighted by atomic mass is 9.86. The van der Waals surface area contributed by atoms with Crippen molar-refractivity contribution in [1.82, 2.24) is 19.4 Å². The number of amides is 1. The van der Waals surface area contributed by atoms with Gasteiger partial charge in [-0.25, -0.2) is 14.6 Å². The Labute approximate surface area is 219 Å². The SMILES string of the molecule is CCc1cccc2c(OC(=O)N3CCN(C)CC3)c3c(nc12)-c1cc2c(c(=O)n1C3)COC(=O)[C@]2(O)CC. The summed E-state index contributed by atoms with van der Waals surface area (Å²) in [4.78, 5) is 48.3. The van der Waals surface area contributed by atoms with Crippen LogP contribution in [-0.2, 0) is 34.7 Å². The standard InChI is InChI=1S/C28H30N4O6/c1-4-16-7-6-8-17-22(16)29-23-18(24(17)38-27(35)31-11-9-30(3)10-12-31)14-32-21(23)13-20-19(25(32)33)15-37-26(34)28(20,36)5-2/h6-8,13,36H,4-5,9-12,14-15H2,1-3H3/t28-/m0/s1. The Hall–Kier alpha value is -3.76. The summed E-state index contributed by atoms with van der Waals surface area (Å²) in [5.41, 5.74) is 1.53. The van der Waals surface area contributed by atoms with E-state index in [1.54, 1.807) is 22.5 Å². The second-order valence-electron chi connectivity index (χ2n) is 10.2. The van der Waals surface area contributed by atoms with Gasteiger partial charge >= 0.3 is 12.1 Å². The van der Waals surface area contributed by atoms with Crippen molar-refractivity contribution < 1.29 is 24.2 Å². The highest BCUT2D eigenvalue weighted by molar-refractivity contribution is 5.95. The van der Waals surface area contributed by atoms with Crippen LogP contribution in [0.2, 0.25) is 0 Å². The second kappa shape index (κ2) is 8.92. The van der Waals surface area contributed by atoms with Crippen molar-refractivity contribution in [1.29, 1.82) is 0 Å². The monoisotopic (exact) mass is 518 g/mol. The molecule has 0 bridgehead atoms. The van der Waals surface area contributed by atoms with Crippen LogP contribution in [-0.4, -0.2) is 69.7 Å². The number of hydrogen-bond acceptors (Lipinski definition) is 8. The quantitative estimate of drug-likeness (QED) is 0.411. The van der Waals surface area contributed by atoms with Crippen LogP contribution in [0.1, 0.15) is 42.5 Å². The van der Waals surface area contributed by atoms with Crippen LogP contribution in [0.3, 0.4) is 0 Å². The predicted molar refractivity (Wildman–Crippen MR) is 139 cm³/mol. The third-order valence-electron chi connectivity index (χ3n) is 8.08. The van der Waals surface area contributed by atoms with Crippen molar-refractivity contribution in [3.8, 4) is 17.1 Å². The molecule has 5 heterocycles. The summed E-state index contributed by atoms with van der Waals surface area (Å²) >= 11 is 0. The summed E-state index contributed by atoms with van der Waals surface area (Å²) in [6.45, 7) is 6.31. The number of piperazine rings is 1. The van der Waals surface area contributed by atoms with E-state index >= 15 is 0 Å². The molecule has 6 rings (SSSR count). The molecule has 1 fully saturated rings. The van der Waals surface area contributed by atoms with E-state index in [1.807, 2.05) is 32.2 Å². The number of pyridine rings is 2. The summed E-state index contributed by atoms with van der Waals surface area (Å²) in [6.07, 6.45) is 0.345. The van der Waals surface area contributed by atoms with Gasteiger partial charge < -0.3 is 28.9 Å². The van der Waals surface area contributed by atoms with Gasteiger partial charge in [-0.1, -0.05) is 26.0 Å². The summed E-state index contributed by atoms with van der Waals surface area (Å²) in [6, 6.07) is 7.45. The van der Waals surface area contributed by atoms with Gasteiger partial charge in [0.05, 0.1) is 29.0 Å². The fourth-order valence-electron chi connectivity index (χ4n) is 5.67. The maximum absolute atomic E-state index is 13.6. The van der Waals surface area contributed by atoms with Gasteiger partial charge in [0.2, 0.25) is 0 Å². The van der Waals surface area contributed by atoms with Gasteiger partial charge in [-0.05, 0) is 37.6 Å². The number of carbonyl (C=O) groups is 2. The molecule has 1 saturated heterocycles. The van der Waals surface area contributed by atoms with Crippen LogP contribution in [0.25, 0.3) is 22.3 Å². The van der Waals surface area contributed by atoms with Gasteiger partial charge in [0, 0.05) is 42.7 Å². The Bertz CT molecular complexity index is 1560. The topological polar surface area (TPSA) is 114 Å². The van der Waals surface area contributed by atoms with Crippen molar-refractivity contribution in [3.63, 3.8) is 0 Å². The van der Waals surface area contributed by atoms with Crippen LogP contribution in [0, 0.1) is 0 Å². The molecule has 0 unspecified atom stereocenters. The third kappa shape index (κ3) is 3.54. The Morgan fingerprint density at radius 3 is 2.63 bits per heavy atom. The zero-order valence-corrected chi connectivity index (χ0v) is 21.7. The lowest BCUT2D eigenvalue weighted by Crippen LogP contribution is -2.48. The van der Waals surface area contributed by atoms with Crippen molar-refractivity contribution in [2.75, 3.05) is 33.2 Å². The normalized spacial score (nSPS) is 20.6. The number of para-hydroxylation sites is 1. The molecular weight excluding hydrogens is 488 g/mol. The van der Waals surface area contributed by atoms with Crippen LogP contribution in [0.5, 0.6) is 5.75 Å². The van der Waals surface area contributed by atoms with Gasteiger partial charge in [-0.2, -0.15) is 0 Å². The predicted octanol–water partition coefficient (Wildman–Crippen LogP) is 2.39. The first kappa shape index (κ1) is 24.6. The minimum atomic E-state index is -1.91. The van der Waals surface area contributed by atoms with Crippen molar-refractivity contribution in [3.05, 3.63) is 56.9 Å². The molecule has 1 amide bonds. The average Bonchev–Trinajstić information content (AvgIpc) is 3.30. The Morgan fingerprint density at radius 2 is 1.92 bits per heavy atom. The molecule has 0 radical (unpaired) electrons. The van der Waals surface area contributed by atoms with E-state index in [9.17, 15) is 19.5 Å². The van der Waals surface area contributed by atoms with E-state index in [0.717, 1.165) is 18.7 Å². The molecule has 1 N–H and O–H groups in total. The number of esters is 1. The van der Waals surface area contributed by atoms with Crippen LogP contribution < -0.4 is 10.3 Å². The third-order valence-corrected chi connectivity index (χ3v) is 8.08. The number of fused-ring (bicyclic) bond motifs is 5.